The minimum Gasteiger partial charge on any atom is -0.397 e. The SMILES string of the molecule is CC(C)(O)CNc1cc(Br)c(F)cc1N. The molecule has 1 aromatic carbocycles. The zero-order chi connectivity index (χ0) is 11.6. The molecule has 0 saturated carbocycles. The molecule has 84 valence electrons. The summed E-state index contributed by atoms with van der Waals surface area (Å²) in [7, 11) is 0. The monoisotopic (exact) mass is 276 g/mol. The predicted octanol–water partition coefficient (Wildman–Crippen LogP) is 2.35. The van der Waals surface area contributed by atoms with Gasteiger partial charge in [-0.3, -0.25) is 0 Å². The fourth-order valence-electron chi connectivity index (χ4n) is 1.03. The summed E-state index contributed by atoms with van der Waals surface area (Å²) < 4.78 is 13.4. The van der Waals surface area contributed by atoms with Gasteiger partial charge in [0.2, 0.25) is 0 Å². The Morgan fingerprint density at radius 2 is 2.13 bits per heavy atom. The van der Waals surface area contributed by atoms with E-state index in [1.54, 1.807) is 19.9 Å². The number of nitrogen functional groups attached to an aromatic ring is 1. The minimum atomic E-state index is -0.840. The molecule has 0 aromatic heterocycles. The van der Waals surface area contributed by atoms with Crippen LogP contribution in [0.5, 0.6) is 0 Å². The van der Waals surface area contributed by atoms with Crippen molar-refractivity contribution in [2.24, 2.45) is 0 Å². The number of rotatable bonds is 3. The third-order valence-corrected chi connectivity index (χ3v) is 2.41. The number of aliphatic hydroxyl groups is 1. The maximum absolute atomic E-state index is 13.0. The van der Waals surface area contributed by atoms with Gasteiger partial charge in [-0.2, -0.15) is 0 Å². The molecule has 4 N–H and O–H groups in total. The van der Waals surface area contributed by atoms with E-state index in [9.17, 15) is 9.50 Å². The maximum atomic E-state index is 13.0. The largest absolute Gasteiger partial charge is 0.397 e. The first-order valence-electron chi connectivity index (χ1n) is 4.50. The first kappa shape index (κ1) is 12.3. The lowest BCUT2D eigenvalue weighted by Crippen LogP contribution is -2.29. The molecule has 15 heavy (non-hydrogen) atoms. The zero-order valence-electron chi connectivity index (χ0n) is 8.64. The van der Waals surface area contributed by atoms with E-state index in [0.29, 0.717) is 22.4 Å². The summed E-state index contributed by atoms with van der Waals surface area (Å²) >= 11 is 3.07. The van der Waals surface area contributed by atoms with Crippen LogP contribution in [0.3, 0.4) is 0 Å². The molecule has 0 amide bonds. The zero-order valence-corrected chi connectivity index (χ0v) is 10.2. The lowest BCUT2D eigenvalue weighted by atomic mass is 10.1. The molecule has 1 aromatic rings. The topological polar surface area (TPSA) is 58.3 Å². The molecule has 0 saturated heterocycles. The van der Waals surface area contributed by atoms with Crippen molar-refractivity contribution >= 4 is 27.3 Å². The molecule has 5 heteroatoms. The van der Waals surface area contributed by atoms with Crippen molar-refractivity contribution in [3.05, 3.63) is 22.4 Å². The lowest BCUT2D eigenvalue weighted by Gasteiger charge is -2.19. The van der Waals surface area contributed by atoms with Crippen molar-refractivity contribution in [3.63, 3.8) is 0 Å². The average Bonchev–Trinajstić information content (AvgIpc) is 2.07. The Kier molecular flexibility index (Phi) is 3.57. The van der Waals surface area contributed by atoms with Crippen LogP contribution in [0, 0.1) is 5.82 Å². The molecule has 0 aliphatic heterocycles. The van der Waals surface area contributed by atoms with Gasteiger partial charge in [0.15, 0.2) is 0 Å². The van der Waals surface area contributed by atoms with Crippen LogP contribution in [0.4, 0.5) is 15.8 Å². The Morgan fingerprint density at radius 1 is 1.53 bits per heavy atom. The van der Waals surface area contributed by atoms with E-state index in [1.165, 1.54) is 6.07 Å². The third-order valence-electron chi connectivity index (χ3n) is 1.80. The van der Waals surface area contributed by atoms with Gasteiger partial charge in [0.05, 0.1) is 21.4 Å². The van der Waals surface area contributed by atoms with Crippen molar-refractivity contribution in [3.8, 4) is 0 Å². The molecule has 1 rings (SSSR count). The summed E-state index contributed by atoms with van der Waals surface area (Å²) in [5, 5.41) is 12.5. The summed E-state index contributed by atoms with van der Waals surface area (Å²) in [5.74, 6) is -0.402. The highest BCUT2D eigenvalue weighted by Crippen LogP contribution is 2.26. The smallest absolute Gasteiger partial charge is 0.139 e. The standard InChI is InChI=1S/C10H14BrFN2O/c1-10(2,15)5-14-9-3-6(11)7(12)4-8(9)13/h3-4,14-15H,5,13H2,1-2H3. The van der Waals surface area contributed by atoms with E-state index in [2.05, 4.69) is 21.2 Å². The molecule has 0 spiro atoms. The van der Waals surface area contributed by atoms with Crippen LogP contribution in [-0.2, 0) is 0 Å². The van der Waals surface area contributed by atoms with E-state index in [1.807, 2.05) is 0 Å². The van der Waals surface area contributed by atoms with Gasteiger partial charge in [-0.15, -0.1) is 0 Å². The Hall–Kier alpha value is -0.810. The van der Waals surface area contributed by atoms with Crippen LogP contribution in [0.2, 0.25) is 0 Å². The van der Waals surface area contributed by atoms with Gasteiger partial charge in [-0.25, -0.2) is 4.39 Å². The van der Waals surface area contributed by atoms with Gasteiger partial charge in [-0.1, -0.05) is 0 Å². The highest BCUT2D eigenvalue weighted by atomic mass is 79.9. The molecule has 0 fully saturated rings. The Morgan fingerprint density at radius 3 is 2.67 bits per heavy atom. The number of nitrogens with one attached hydrogen (secondary N) is 1. The number of benzene rings is 1. The highest BCUT2D eigenvalue weighted by Gasteiger charge is 2.13. The van der Waals surface area contributed by atoms with Gasteiger partial charge in [0.1, 0.15) is 5.82 Å². The van der Waals surface area contributed by atoms with Gasteiger partial charge < -0.3 is 16.2 Å². The number of hydrogen-bond donors (Lipinski definition) is 3. The van der Waals surface area contributed by atoms with Crippen molar-refractivity contribution < 1.29 is 9.50 Å². The summed E-state index contributed by atoms with van der Waals surface area (Å²) in [6.45, 7) is 3.69. The molecular formula is C10H14BrFN2O. The summed E-state index contributed by atoms with van der Waals surface area (Å²) in [4.78, 5) is 0. The van der Waals surface area contributed by atoms with E-state index >= 15 is 0 Å². The summed E-state index contributed by atoms with van der Waals surface area (Å²) in [5.41, 5.74) is 5.70. The van der Waals surface area contributed by atoms with E-state index in [4.69, 9.17) is 5.73 Å². The summed E-state index contributed by atoms with van der Waals surface area (Å²) in [6.07, 6.45) is 0. The minimum absolute atomic E-state index is 0.319. The quantitative estimate of drug-likeness (QED) is 0.743. The van der Waals surface area contributed by atoms with Crippen LogP contribution in [-0.4, -0.2) is 17.3 Å². The molecular weight excluding hydrogens is 263 g/mol. The Bertz CT molecular complexity index is 363. The van der Waals surface area contributed by atoms with Crippen molar-refractivity contribution in [1.29, 1.82) is 0 Å². The molecule has 0 radical (unpaired) electrons. The van der Waals surface area contributed by atoms with E-state index < -0.39 is 11.4 Å². The molecule has 0 aliphatic carbocycles. The number of anilines is 2. The van der Waals surface area contributed by atoms with Gasteiger partial charge in [-0.05, 0) is 35.8 Å². The maximum Gasteiger partial charge on any atom is 0.139 e. The number of nitrogens with two attached hydrogens (primary N) is 1. The van der Waals surface area contributed by atoms with Gasteiger partial charge in [0.25, 0.3) is 0 Å². The van der Waals surface area contributed by atoms with Crippen molar-refractivity contribution in [1.82, 2.24) is 0 Å². The lowest BCUT2D eigenvalue weighted by molar-refractivity contribution is 0.0945. The first-order chi connectivity index (χ1) is 6.79. The molecule has 3 nitrogen and oxygen atoms in total. The second-order valence-corrected chi connectivity index (χ2v) is 4.87. The predicted molar refractivity (Wildman–Crippen MR) is 63.3 cm³/mol. The first-order valence-corrected chi connectivity index (χ1v) is 5.30. The molecule has 0 bridgehead atoms. The van der Waals surface area contributed by atoms with Crippen molar-refractivity contribution in [2.45, 2.75) is 19.4 Å². The molecule has 0 heterocycles. The Labute approximate surface area is 96.6 Å². The van der Waals surface area contributed by atoms with Crippen LogP contribution >= 0.6 is 15.9 Å². The van der Waals surface area contributed by atoms with E-state index in [-0.39, 0.29) is 0 Å². The van der Waals surface area contributed by atoms with Gasteiger partial charge in [0, 0.05) is 12.6 Å². The van der Waals surface area contributed by atoms with Gasteiger partial charge >= 0.3 is 0 Å². The highest BCUT2D eigenvalue weighted by molar-refractivity contribution is 9.10. The molecule has 0 atom stereocenters. The van der Waals surface area contributed by atoms with Crippen LogP contribution < -0.4 is 11.1 Å². The van der Waals surface area contributed by atoms with Crippen LogP contribution in [0.25, 0.3) is 0 Å². The van der Waals surface area contributed by atoms with Crippen molar-refractivity contribution in [2.75, 3.05) is 17.6 Å². The Balaban J connectivity index is 2.82. The van der Waals surface area contributed by atoms with Crippen LogP contribution in [0.1, 0.15) is 13.8 Å². The fourth-order valence-corrected chi connectivity index (χ4v) is 1.37. The third kappa shape index (κ3) is 3.68. The summed E-state index contributed by atoms with van der Waals surface area (Å²) in [6, 6.07) is 2.78. The molecule has 0 aliphatic rings. The second kappa shape index (κ2) is 4.37. The molecule has 0 unspecified atom stereocenters. The fraction of sp³-hybridized carbons (Fsp3) is 0.400. The number of halogens is 2. The normalized spacial score (nSPS) is 11.5. The number of hydrogen-bond acceptors (Lipinski definition) is 3. The van der Waals surface area contributed by atoms with Crippen LogP contribution in [0.15, 0.2) is 16.6 Å². The second-order valence-electron chi connectivity index (χ2n) is 4.02. The van der Waals surface area contributed by atoms with E-state index in [0.717, 1.165) is 0 Å². The average molecular weight is 277 g/mol.